The number of benzene rings is 1. The molecule has 0 bridgehead atoms. The van der Waals surface area contributed by atoms with Crippen LogP contribution < -0.4 is 5.32 Å². The molecule has 0 heterocycles. The van der Waals surface area contributed by atoms with E-state index in [1.165, 1.54) is 35.0 Å². The molecule has 0 saturated heterocycles. The van der Waals surface area contributed by atoms with Gasteiger partial charge >= 0.3 is 0 Å². The van der Waals surface area contributed by atoms with E-state index in [4.69, 9.17) is 0 Å². The first kappa shape index (κ1) is 12.9. The Bertz CT molecular complexity index is 389. The average molecular weight is 296 g/mol. The summed E-state index contributed by atoms with van der Waals surface area (Å²) in [6.45, 7) is 6.87. The number of anilines is 1. The van der Waals surface area contributed by atoms with E-state index in [2.05, 4.69) is 60.2 Å². The zero-order chi connectivity index (χ0) is 12.4. The minimum absolute atomic E-state index is 0.640. The van der Waals surface area contributed by atoms with Crippen LogP contribution in [0.15, 0.2) is 22.7 Å². The molecule has 1 N–H and O–H groups in total. The van der Waals surface area contributed by atoms with Crippen LogP contribution >= 0.6 is 15.9 Å². The molecule has 94 valence electrons. The smallest absolute Gasteiger partial charge is 0.0353 e. The topological polar surface area (TPSA) is 12.0 Å². The van der Waals surface area contributed by atoms with E-state index in [1.54, 1.807) is 0 Å². The van der Waals surface area contributed by atoms with E-state index in [0.717, 1.165) is 11.8 Å². The van der Waals surface area contributed by atoms with Crippen molar-refractivity contribution in [1.82, 2.24) is 0 Å². The molecule has 3 atom stereocenters. The second-order valence-corrected chi connectivity index (χ2v) is 6.46. The van der Waals surface area contributed by atoms with Gasteiger partial charge in [0.15, 0.2) is 0 Å². The van der Waals surface area contributed by atoms with E-state index in [1.807, 2.05) is 0 Å². The molecule has 0 aliphatic heterocycles. The molecule has 0 aromatic heterocycles. The standard InChI is InChI=1S/C15H22BrN/c1-10-4-7-15(12(3)8-10)17-13-6-5-11(2)14(16)9-13/h5-6,9-10,12,15,17H,4,7-8H2,1-3H3. The number of rotatable bonds is 2. The summed E-state index contributed by atoms with van der Waals surface area (Å²) >= 11 is 3.60. The minimum atomic E-state index is 0.640. The van der Waals surface area contributed by atoms with Crippen LogP contribution in [-0.4, -0.2) is 6.04 Å². The third-order valence-corrected chi connectivity index (χ3v) is 4.81. The van der Waals surface area contributed by atoms with Gasteiger partial charge in [0.25, 0.3) is 0 Å². The Kier molecular flexibility index (Phi) is 4.13. The van der Waals surface area contributed by atoms with Gasteiger partial charge in [-0.2, -0.15) is 0 Å². The summed E-state index contributed by atoms with van der Waals surface area (Å²) in [7, 11) is 0. The minimum Gasteiger partial charge on any atom is -0.382 e. The fraction of sp³-hybridized carbons (Fsp3) is 0.600. The molecule has 1 aliphatic carbocycles. The zero-order valence-corrected chi connectivity index (χ0v) is 12.5. The van der Waals surface area contributed by atoms with Gasteiger partial charge in [0.05, 0.1) is 0 Å². The summed E-state index contributed by atoms with van der Waals surface area (Å²) in [4.78, 5) is 0. The molecule has 3 unspecified atom stereocenters. The van der Waals surface area contributed by atoms with Crippen molar-refractivity contribution in [1.29, 1.82) is 0 Å². The molecule has 1 fully saturated rings. The maximum Gasteiger partial charge on any atom is 0.0353 e. The van der Waals surface area contributed by atoms with Crippen molar-refractivity contribution in [2.45, 2.75) is 46.1 Å². The van der Waals surface area contributed by atoms with Gasteiger partial charge in [-0.3, -0.25) is 0 Å². The van der Waals surface area contributed by atoms with Crippen molar-refractivity contribution in [3.8, 4) is 0 Å². The Morgan fingerprint density at radius 1 is 1.24 bits per heavy atom. The van der Waals surface area contributed by atoms with Crippen LogP contribution in [0.2, 0.25) is 0 Å². The third-order valence-electron chi connectivity index (χ3n) is 3.96. The van der Waals surface area contributed by atoms with Crippen molar-refractivity contribution in [3.05, 3.63) is 28.2 Å². The molecular formula is C15H22BrN. The van der Waals surface area contributed by atoms with Crippen molar-refractivity contribution < 1.29 is 0 Å². The number of hydrogen-bond donors (Lipinski definition) is 1. The fourth-order valence-electron chi connectivity index (χ4n) is 2.78. The number of aryl methyl sites for hydroxylation is 1. The van der Waals surface area contributed by atoms with E-state index in [-0.39, 0.29) is 0 Å². The predicted octanol–water partition coefficient (Wildman–Crippen LogP) is 4.99. The SMILES string of the molecule is Cc1ccc(NC2CCC(C)CC2C)cc1Br. The van der Waals surface area contributed by atoms with Crippen LogP contribution in [0.3, 0.4) is 0 Å². The molecular weight excluding hydrogens is 274 g/mol. The molecule has 1 saturated carbocycles. The summed E-state index contributed by atoms with van der Waals surface area (Å²) in [5, 5.41) is 3.69. The second kappa shape index (κ2) is 5.43. The lowest BCUT2D eigenvalue weighted by atomic mass is 9.80. The normalized spacial score (nSPS) is 29.1. The highest BCUT2D eigenvalue weighted by molar-refractivity contribution is 9.10. The second-order valence-electron chi connectivity index (χ2n) is 5.61. The summed E-state index contributed by atoms with van der Waals surface area (Å²) in [6.07, 6.45) is 4.01. The van der Waals surface area contributed by atoms with Crippen LogP contribution in [-0.2, 0) is 0 Å². The van der Waals surface area contributed by atoms with Gasteiger partial charge in [0.2, 0.25) is 0 Å². The largest absolute Gasteiger partial charge is 0.382 e. The van der Waals surface area contributed by atoms with Gasteiger partial charge in [0, 0.05) is 16.2 Å². The van der Waals surface area contributed by atoms with Crippen molar-refractivity contribution >= 4 is 21.6 Å². The fourth-order valence-corrected chi connectivity index (χ4v) is 3.16. The van der Waals surface area contributed by atoms with E-state index in [9.17, 15) is 0 Å². The maximum absolute atomic E-state index is 3.69. The van der Waals surface area contributed by atoms with Crippen LogP contribution in [0.5, 0.6) is 0 Å². The lowest BCUT2D eigenvalue weighted by Gasteiger charge is -2.34. The van der Waals surface area contributed by atoms with Crippen molar-refractivity contribution in [3.63, 3.8) is 0 Å². The number of hydrogen-bond acceptors (Lipinski definition) is 1. The van der Waals surface area contributed by atoms with Gasteiger partial charge in [-0.05, 0) is 55.7 Å². The lowest BCUT2D eigenvalue weighted by molar-refractivity contribution is 0.276. The summed E-state index contributed by atoms with van der Waals surface area (Å²) in [5.41, 5.74) is 2.54. The summed E-state index contributed by atoms with van der Waals surface area (Å²) < 4.78 is 1.19. The molecule has 17 heavy (non-hydrogen) atoms. The highest BCUT2D eigenvalue weighted by Gasteiger charge is 2.24. The molecule has 2 heteroatoms. The van der Waals surface area contributed by atoms with E-state index < -0.39 is 0 Å². The molecule has 1 aliphatic rings. The maximum atomic E-state index is 3.69. The van der Waals surface area contributed by atoms with Gasteiger partial charge in [-0.1, -0.05) is 35.8 Å². The van der Waals surface area contributed by atoms with Gasteiger partial charge in [-0.15, -0.1) is 0 Å². The van der Waals surface area contributed by atoms with Crippen LogP contribution in [0, 0.1) is 18.8 Å². The summed E-state index contributed by atoms with van der Waals surface area (Å²) in [5.74, 6) is 1.67. The average Bonchev–Trinajstić information content (AvgIpc) is 2.27. The van der Waals surface area contributed by atoms with Crippen LogP contribution in [0.4, 0.5) is 5.69 Å². The number of nitrogens with one attached hydrogen (secondary N) is 1. The van der Waals surface area contributed by atoms with E-state index in [0.29, 0.717) is 6.04 Å². The van der Waals surface area contributed by atoms with Gasteiger partial charge in [0.1, 0.15) is 0 Å². The first-order chi connectivity index (χ1) is 8.06. The lowest BCUT2D eigenvalue weighted by Crippen LogP contribution is -2.32. The Morgan fingerprint density at radius 3 is 2.65 bits per heavy atom. The Morgan fingerprint density at radius 2 is 2.00 bits per heavy atom. The molecule has 1 nitrogen and oxygen atoms in total. The highest BCUT2D eigenvalue weighted by Crippen LogP contribution is 2.31. The van der Waals surface area contributed by atoms with Crippen LogP contribution in [0.25, 0.3) is 0 Å². The first-order valence-electron chi connectivity index (χ1n) is 6.59. The molecule has 1 aromatic rings. The molecule has 0 spiro atoms. The van der Waals surface area contributed by atoms with Gasteiger partial charge < -0.3 is 5.32 Å². The van der Waals surface area contributed by atoms with Crippen LogP contribution in [0.1, 0.15) is 38.7 Å². The summed E-state index contributed by atoms with van der Waals surface area (Å²) in [6, 6.07) is 7.19. The molecule has 2 rings (SSSR count). The monoisotopic (exact) mass is 295 g/mol. The zero-order valence-electron chi connectivity index (χ0n) is 11.0. The molecule has 0 radical (unpaired) electrons. The predicted molar refractivity (Wildman–Crippen MR) is 78.5 cm³/mol. The molecule has 0 amide bonds. The highest BCUT2D eigenvalue weighted by atomic mass is 79.9. The molecule has 1 aromatic carbocycles. The van der Waals surface area contributed by atoms with E-state index >= 15 is 0 Å². The van der Waals surface area contributed by atoms with Crippen molar-refractivity contribution in [2.24, 2.45) is 11.8 Å². The Balaban J connectivity index is 2.02. The quantitative estimate of drug-likeness (QED) is 0.810. The van der Waals surface area contributed by atoms with Gasteiger partial charge in [-0.25, -0.2) is 0 Å². The number of halogens is 1. The Labute approximate surface area is 113 Å². The third kappa shape index (κ3) is 3.25. The van der Waals surface area contributed by atoms with Crippen molar-refractivity contribution in [2.75, 3.05) is 5.32 Å². The Hall–Kier alpha value is -0.500. The first-order valence-corrected chi connectivity index (χ1v) is 7.38.